The van der Waals surface area contributed by atoms with Gasteiger partial charge in [0.2, 0.25) is 0 Å². The van der Waals surface area contributed by atoms with E-state index in [1.807, 2.05) is 0 Å². The lowest BCUT2D eigenvalue weighted by Gasteiger charge is -2.17. The van der Waals surface area contributed by atoms with E-state index in [2.05, 4.69) is 0 Å². The molecule has 0 aliphatic carbocycles. The van der Waals surface area contributed by atoms with Gasteiger partial charge in [-0.05, 0) is 6.07 Å². The van der Waals surface area contributed by atoms with E-state index in [0.29, 0.717) is 32.0 Å². The molecule has 9 heteroatoms. The molecule has 24 heavy (non-hydrogen) atoms. The van der Waals surface area contributed by atoms with Crippen LogP contribution >= 0.6 is 23.2 Å². The van der Waals surface area contributed by atoms with Crippen LogP contribution in [0.1, 0.15) is 5.56 Å². The summed E-state index contributed by atoms with van der Waals surface area (Å²) in [6.45, 7) is 1.19. The third-order valence-corrected chi connectivity index (χ3v) is 3.51. The molecule has 0 unspecified atom stereocenters. The molecule has 0 aliphatic rings. The van der Waals surface area contributed by atoms with Gasteiger partial charge in [-0.25, -0.2) is 0 Å². The monoisotopic (exact) mass is 384 g/mol. The number of rotatable bonds is 13. The van der Waals surface area contributed by atoms with E-state index >= 15 is 0 Å². The highest BCUT2D eigenvalue weighted by molar-refractivity contribution is 6.36. The first-order valence-electron chi connectivity index (χ1n) is 7.16. The molecule has 7 nitrogen and oxygen atoms in total. The summed E-state index contributed by atoms with van der Waals surface area (Å²) in [5, 5.41) is 9.79. The molecule has 0 bridgehead atoms. The molecule has 0 aliphatic heterocycles. The number of ether oxygens (including phenoxy) is 6. The van der Waals surface area contributed by atoms with Crippen molar-refractivity contribution in [3.63, 3.8) is 0 Å². The van der Waals surface area contributed by atoms with E-state index in [-0.39, 0.29) is 41.7 Å². The van der Waals surface area contributed by atoms with Gasteiger partial charge in [0.1, 0.15) is 0 Å². The first-order valence-corrected chi connectivity index (χ1v) is 7.92. The van der Waals surface area contributed by atoms with E-state index in [0.717, 1.165) is 0 Å². The SMILES string of the molecule is COCCOCOc1c(Cl)cc(CO)c(Cl)c1OCOCCOC. The summed E-state index contributed by atoms with van der Waals surface area (Å²) < 4.78 is 31.2. The predicted molar refractivity (Wildman–Crippen MR) is 89.0 cm³/mol. The van der Waals surface area contributed by atoms with E-state index in [9.17, 15) is 5.11 Å². The van der Waals surface area contributed by atoms with Crippen molar-refractivity contribution in [1.29, 1.82) is 0 Å². The Kier molecular flexibility index (Phi) is 11.1. The molecule has 0 heterocycles. The van der Waals surface area contributed by atoms with Gasteiger partial charge in [-0.2, -0.15) is 0 Å². The Morgan fingerprint density at radius 1 is 0.875 bits per heavy atom. The van der Waals surface area contributed by atoms with Crippen LogP contribution in [0, 0.1) is 0 Å². The van der Waals surface area contributed by atoms with Gasteiger partial charge in [0.05, 0.1) is 43.1 Å². The Labute approximate surface area is 151 Å². The zero-order valence-electron chi connectivity index (χ0n) is 13.7. The second-order valence-corrected chi connectivity index (χ2v) is 5.26. The number of halogens is 2. The average molecular weight is 385 g/mol. The fourth-order valence-corrected chi connectivity index (χ4v) is 2.14. The second kappa shape index (κ2) is 12.5. The highest BCUT2D eigenvalue weighted by Crippen LogP contribution is 2.43. The van der Waals surface area contributed by atoms with Crippen molar-refractivity contribution in [2.45, 2.75) is 6.61 Å². The van der Waals surface area contributed by atoms with E-state index in [4.69, 9.17) is 51.6 Å². The van der Waals surface area contributed by atoms with Crippen molar-refractivity contribution in [2.24, 2.45) is 0 Å². The minimum absolute atomic E-state index is 0.0568. The van der Waals surface area contributed by atoms with Crippen molar-refractivity contribution < 1.29 is 33.5 Å². The van der Waals surface area contributed by atoms with Gasteiger partial charge < -0.3 is 33.5 Å². The molecule has 0 radical (unpaired) electrons. The number of aliphatic hydroxyl groups excluding tert-OH is 1. The summed E-state index contributed by atoms with van der Waals surface area (Å²) in [6, 6.07) is 1.51. The van der Waals surface area contributed by atoms with Gasteiger partial charge in [0, 0.05) is 19.8 Å². The van der Waals surface area contributed by atoms with E-state index in [1.165, 1.54) is 6.07 Å². The van der Waals surface area contributed by atoms with Gasteiger partial charge in [0.15, 0.2) is 25.1 Å². The largest absolute Gasteiger partial charge is 0.462 e. The smallest absolute Gasteiger partial charge is 0.189 e. The minimum Gasteiger partial charge on any atom is -0.462 e. The topological polar surface area (TPSA) is 75.6 Å². The normalized spacial score (nSPS) is 10.9. The standard InChI is InChI=1S/C15H22Cl2O7/c1-19-3-5-21-9-23-14-12(16)7-11(8-18)13(17)15(14)24-10-22-6-4-20-2/h7,18H,3-6,8-10H2,1-2H3. The summed E-state index contributed by atoms with van der Waals surface area (Å²) in [5.74, 6) is 0.396. The van der Waals surface area contributed by atoms with Crippen molar-refractivity contribution in [3.05, 3.63) is 21.7 Å². The average Bonchev–Trinajstić information content (AvgIpc) is 2.58. The van der Waals surface area contributed by atoms with Crippen LogP contribution < -0.4 is 9.47 Å². The zero-order valence-corrected chi connectivity index (χ0v) is 15.2. The maximum absolute atomic E-state index is 9.35. The summed E-state index contributed by atoms with van der Waals surface area (Å²) in [7, 11) is 3.14. The number of benzene rings is 1. The Morgan fingerprint density at radius 3 is 1.92 bits per heavy atom. The Morgan fingerprint density at radius 2 is 1.42 bits per heavy atom. The first-order chi connectivity index (χ1) is 11.7. The molecule has 0 saturated carbocycles. The van der Waals surface area contributed by atoms with Crippen LogP contribution in [0.2, 0.25) is 10.0 Å². The summed E-state index contributed by atoms with van der Waals surface area (Å²) >= 11 is 12.4. The van der Waals surface area contributed by atoms with Gasteiger partial charge in [0.25, 0.3) is 0 Å². The molecule has 0 aromatic heterocycles. The van der Waals surface area contributed by atoms with Gasteiger partial charge in [-0.15, -0.1) is 0 Å². The number of hydrogen-bond donors (Lipinski definition) is 1. The zero-order chi connectivity index (χ0) is 17.8. The number of hydrogen-bond acceptors (Lipinski definition) is 7. The van der Waals surface area contributed by atoms with E-state index in [1.54, 1.807) is 14.2 Å². The summed E-state index contributed by atoms with van der Waals surface area (Å²) in [5.41, 5.74) is 0.418. The highest BCUT2D eigenvalue weighted by atomic mass is 35.5. The lowest BCUT2D eigenvalue weighted by Crippen LogP contribution is -2.11. The molecule has 1 rings (SSSR count). The van der Waals surface area contributed by atoms with Gasteiger partial charge in [-0.3, -0.25) is 0 Å². The second-order valence-electron chi connectivity index (χ2n) is 4.47. The van der Waals surface area contributed by atoms with Crippen LogP contribution in [0.5, 0.6) is 11.5 Å². The molecule has 1 N–H and O–H groups in total. The Bertz CT molecular complexity index is 485. The van der Waals surface area contributed by atoms with Crippen LogP contribution in [0.3, 0.4) is 0 Å². The maximum Gasteiger partial charge on any atom is 0.189 e. The van der Waals surface area contributed by atoms with Gasteiger partial charge in [-0.1, -0.05) is 23.2 Å². The molecular formula is C15H22Cl2O7. The fraction of sp³-hybridized carbons (Fsp3) is 0.600. The van der Waals surface area contributed by atoms with Crippen LogP contribution in [0.15, 0.2) is 6.07 Å². The van der Waals surface area contributed by atoms with Crippen molar-refractivity contribution >= 4 is 23.2 Å². The van der Waals surface area contributed by atoms with Crippen molar-refractivity contribution in [1.82, 2.24) is 0 Å². The van der Waals surface area contributed by atoms with Crippen molar-refractivity contribution in [3.8, 4) is 11.5 Å². The Balaban J connectivity index is 2.76. The Hall–Kier alpha value is -0.800. The first kappa shape index (κ1) is 21.2. The van der Waals surface area contributed by atoms with Crippen LogP contribution in [-0.4, -0.2) is 59.3 Å². The van der Waals surface area contributed by atoms with Gasteiger partial charge >= 0.3 is 0 Å². The predicted octanol–water partition coefficient (Wildman–Crippen LogP) is 2.48. The molecule has 0 fully saturated rings. The molecule has 1 aromatic rings. The lowest BCUT2D eigenvalue weighted by atomic mass is 10.2. The number of aliphatic hydroxyl groups is 1. The molecule has 138 valence electrons. The molecular weight excluding hydrogens is 363 g/mol. The molecule has 0 spiro atoms. The molecule has 1 aromatic carbocycles. The van der Waals surface area contributed by atoms with Crippen LogP contribution in [0.4, 0.5) is 0 Å². The third kappa shape index (κ3) is 6.98. The third-order valence-electron chi connectivity index (χ3n) is 2.81. The molecule has 0 atom stereocenters. The van der Waals surface area contributed by atoms with Crippen LogP contribution in [0.25, 0.3) is 0 Å². The number of methoxy groups -OCH3 is 2. The quantitative estimate of drug-likeness (QED) is 0.413. The fourth-order valence-electron chi connectivity index (χ4n) is 1.62. The van der Waals surface area contributed by atoms with Crippen molar-refractivity contribution in [2.75, 3.05) is 54.2 Å². The lowest BCUT2D eigenvalue weighted by molar-refractivity contribution is -0.0207. The summed E-state index contributed by atoms with van der Waals surface area (Å²) in [6.07, 6.45) is 0. The highest BCUT2D eigenvalue weighted by Gasteiger charge is 2.19. The molecule has 0 saturated heterocycles. The minimum atomic E-state index is -0.288. The maximum atomic E-state index is 9.35. The van der Waals surface area contributed by atoms with Crippen LogP contribution in [-0.2, 0) is 25.6 Å². The summed E-state index contributed by atoms with van der Waals surface area (Å²) in [4.78, 5) is 0. The van der Waals surface area contributed by atoms with E-state index < -0.39 is 0 Å². The molecule has 0 amide bonds.